The van der Waals surface area contributed by atoms with E-state index < -0.39 is 0 Å². The van der Waals surface area contributed by atoms with E-state index in [9.17, 15) is 0 Å². The molecule has 0 fully saturated rings. The van der Waals surface area contributed by atoms with Crippen LogP contribution in [0.3, 0.4) is 0 Å². The maximum atomic E-state index is 5.43. The van der Waals surface area contributed by atoms with Gasteiger partial charge in [0, 0.05) is 0 Å². The smallest absolute Gasteiger partial charge is 0.122 e. The number of benzene rings is 1. The average Bonchev–Trinajstić information content (AvgIpc) is 2.16. The van der Waals surface area contributed by atoms with E-state index in [0.717, 1.165) is 12.2 Å². The monoisotopic (exact) mass is 206 g/mol. The molecule has 15 heavy (non-hydrogen) atoms. The molecule has 1 nitrogen and oxygen atoms in total. The van der Waals surface area contributed by atoms with E-state index in [0.29, 0.717) is 11.8 Å². The molecule has 0 aliphatic rings. The minimum atomic E-state index is 0.521. The number of rotatable bonds is 4. The minimum absolute atomic E-state index is 0.521. The molecule has 0 heterocycles. The van der Waals surface area contributed by atoms with Crippen LogP contribution in [-0.2, 0) is 6.42 Å². The van der Waals surface area contributed by atoms with Crippen LogP contribution in [0, 0.1) is 5.92 Å². The van der Waals surface area contributed by atoms with Crippen LogP contribution in [0.5, 0.6) is 5.75 Å². The van der Waals surface area contributed by atoms with Gasteiger partial charge in [-0.2, -0.15) is 0 Å². The highest BCUT2D eigenvalue weighted by Crippen LogP contribution is 2.27. The average molecular weight is 206 g/mol. The predicted octanol–water partition coefficient (Wildman–Crippen LogP) is 4.02. The fourth-order valence-corrected chi connectivity index (χ4v) is 1.83. The van der Waals surface area contributed by atoms with E-state index in [-0.39, 0.29) is 0 Å². The molecule has 0 radical (unpaired) electrons. The van der Waals surface area contributed by atoms with Crippen molar-refractivity contribution in [3.05, 3.63) is 29.3 Å². The molecule has 1 heteroatoms. The van der Waals surface area contributed by atoms with Gasteiger partial charge in [0.15, 0.2) is 0 Å². The van der Waals surface area contributed by atoms with Crippen molar-refractivity contribution in [3.63, 3.8) is 0 Å². The molecule has 0 unspecified atom stereocenters. The van der Waals surface area contributed by atoms with Crippen LogP contribution < -0.4 is 4.74 Å². The van der Waals surface area contributed by atoms with E-state index in [4.69, 9.17) is 4.74 Å². The SMILES string of the molecule is COc1cc(CC(C)C)ccc1C(C)C. The summed E-state index contributed by atoms with van der Waals surface area (Å²) in [6, 6.07) is 6.59. The Bertz CT molecular complexity index is 313. The Kier molecular flexibility index (Phi) is 4.19. The summed E-state index contributed by atoms with van der Waals surface area (Å²) in [4.78, 5) is 0. The number of hydrogen-bond donors (Lipinski definition) is 0. The summed E-state index contributed by atoms with van der Waals surface area (Å²) in [5, 5.41) is 0. The summed E-state index contributed by atoms with van der Waals surface area (Å²) in [5.74, 6) is 2.25. The lowest BCUT2D eigenvalue weighted by Crippen LogP contribution is -1.98. The Morgan fingerprint density at radius 2 is 1.80 bits per heavy atom. The zero-order valence-corrected chi connectivity index (χ0v) is 10.5. The Morgan fingerprint density at radius 1 is 1.13 bits per heavy atom. The molecule has 1 aromatic carbocycles. The quantitative estimate of drug-likeness (QED) is 0.723. The van der Waals surface area contributed by atoms with Crippen LogP contribution in [0.4, 0.5) is 0 Å². The molecular formula is C14H22O. The molecule has 0 aliphatic heterocycles. The van der Waals surface area contributed by atoms with Crippen LogP contribution in [0.2, 0.25) is 0 Å². The van der Waals surface area contributed by atoms with Crippen LogP contribution in [0.25, 0.3) is 0 Å². The highest BCUT2D eigenvalue weighted by Gasteiger charge is 2.08. The van der Waals surface area contributed by atoms with Crippen molar-refractivity contribution in [1.29, 1.82) is 0 Å². The molecule has 1 aromatic rings. The minimum Gasteiger partial charge on any atom is -0.496 e. The lowest BCUT2D eigenvalue weighted by atomic mass is 9.97. The van der Waals surface area contributed by atoms with Crippen molar-refractivity contribution in [1.82, 2.24) is 0 Å². The van der Waals surface area contributed by atoms with Gasteiger partial charge in [0.05, 0.1) is 7.11 Å². The molecule has 0 spiro atoms. The molecule has 0 aromatic heterocycles. The first kappa shape index (κ1) is 12.1. The zero-order valence-electron chi connectivity index (χ0n) is 10.5. The second-order valence-corrected chi connectivity index (χ2v) is 4.83. The van der Waals surface area contributed by atoms with E-state index in [1.807, 2.05) is 0 Å². The summed E-state index contributed by atoms with van der Waals surface area (Å²) in [7, 11) is 1.75. The summed E-state index contributed by atoms with van der Waals surface area (Å²) >= 11 is 0. The van der Waals surface area contributed by atoms with E-state index >= 15 is 0 Å². The van der Waals surface area contributed by atoms with Gasteiger partial charge in [-0.15, -0.1) is 0 Å². The zero-order chi connectivity index (χ0) is 11.4. The Balaban J connectivity index is 2.97. The van der Waals surface area contributed by atoms with E-state index in [1.165, 1.54) is 11.1 Å². The van der Waals surface area contributed by atoms with Crippen molar-refractivity contribution in [2.24, 2.45) is 5.92 Å². The van der Waals surface area contributed by atoms with Crippen molar-refractivity contribution in [2.45, 2.75) is 40.0 Å². The molecule has 0 saturated heterocycles. The first-order chi connectivity index (χ1) is 7.04. The summed E-state index contributed by atoms with van der Waals surface area (Å²) < 4.78 is 5.43. The van der Waals surface area contributed by atoms with Gasteiger partial charge < -0.3 is 4.74 Å². The fraction of sp³-hybridized carbons (Fsp3) is 0.571. The summed E-state index contributed by atoms with van der Waals surface area (Å²) in [6.45, 7) is 8.87. The van der Waals surface area contributed by atoms with Gasteiger partial charge in [-0.25, -0.2) is 0 Å². The Hall–Kier alpha value is -0.980. The van der Waals surface area contributed by atoms with Gasteiger partial charge in [-0.05, 0) is 35.4 Å². The van der Waals surface area contributed by atoms with Crippen LogP contribution in [-0.4, -0.2) is 7.11 Å². The summed E-state index contributed by atoms with van der Waals surface area (Å²) in [6.07, 6.45) is 1.12. The third-order valence-electron chi connectivity index (χ3n) is 2.56. The third kappa shape index (κ3) is 3.26. The van der Waals surface area contributed by atoms with Crippen molar-refractivity contribution in [2.75, 3.05) is 7.11 Å². The lowest BCUT2D eigenvalue weighted by Gasteiger charge is -2.14. The van der Waals surface area contributed by atoms with Gasteiger partial charge in [-0.1, -0.05) is 39.8 Å². The molecule has 0 amide bonds. The van der Waals surface area contributed by atoms with Gasteiger partial charge in [0.2, 0.25) is 0 Å². The highest BCUT2D eigenvalue weighted by molar-refractivity contribution is 5.39. The number of ether oxygens (including phenoxy) is 1. The Labute approximate surface area is 93.5 Å². The van der Waals surface area contributed by atoms with Crippen molar-refractivity contribution >= 4 is 0 Å². The van der Waals surface area contributed by atoms with Crippen LogP contribution in [0.15, 0.2) is 18.2 Å². The topological polar surface area (TPSA) is 9.23 Å². The predicted molar refractivity (Wildman–Crippen MR) is 65.6 cm³/mol. The normalized spacial score (nSPS) is 11.1. The summed E-state index contributed by atoms with van der Waals surface area (Å²) in [5.41, 5.74) is 2.66. The third-order valence-corrected chi connectivity index (χ3v) is 2.56. The highest BCUT2D eigenvalue weighted by atomic mass is 16.5. The molecule has 0 aliphatic carbocycles. The van der Waals surface area contributed by atoms with Crippen LogP contribution in [0.1, 0.15) is 44.7 Å². The maximum Gasteiger partial charge on any atom is 0.122 e. The van der Waals surface area contributed by atoms with E-state index in [1.54, 1.807) is 7.11 Å². The number of methoxy groups -OCH3 is 1. The maximum absolute atomic E-state index is 5.43. The largest absolute Gasteiger partial charge is 0.496 e. The first-order valence-electron chi connectivity index (χ1n) is 5.71. The number of hydrogen-bond acceptors (Lipinski definition) is 1. The van der Waals surface area contributed by atoms with Gasteiger partial charge in [-0.3, -0.25) is 0 Å². The lowest BCUT2D eigenvalue weighted by molar-refractivity contribution is 0.406. The molecule has 1 rings (SSSR count). The molecule has 84 valence electrons. The van der Waals surface area contributed by atoms with Gasteiger partial charge in [0.25, 0.3) is 0 Å². The van der Waals surface area contributed by atoms with Crippen molar-refractivity contribution in [3.8, 4) is 5.75 Å². The molecule has 0 atom stereocenters. The second-order valence-electron chi connectivity index (χ2n) is 4.83. The van der Waals surface area contributed by atoms with Gasteiger partial charge >= 0.3 is 0 Å². The molecule has 0 N–H and O–H groups in total. The molecular weight excluding hydrogens is 184 g/mol. The Morgan fingerprint density at radius 3 is 2.27 bits per heavy atom. The second kappa shape index (κ2) is 5.20. The van der Waals surface area contributed by atoms with E-state index in [2.05, 4.69) is 45.9 Å². The first-order valence-corrected chi connectivity index (χ1v) is 5.71. The van der Waals surface area contributed by atoms with Crippen molar-refractivity contribution < 1.29 is 4.74 Å². The fourth-order valence-electron chi connectivity index (χ4n) is 1.83. The molecule has 0 saturated carbocycles. The molecule has 0 bridgehead atoms. The van der Waals surface area contributed by atoms with Crippen LogP contribution >= 0.6 is 0 Å². The standard InChI is InChI=1S/C14H22O/c1-10(2)8-12-6-7-13(11(3)4)14(9-12)15-5/h6-7,9-11H,8H2,1-5H3. The van der Waals surface area contributed by atoms with Gasteiger partial charge in [0.1, 0.15) is 5.75 Å².